The fraction of sp³-hybridized carbons (Fsp3) is 0.381. The Morgan fingerprint density at radius 2 is 1.97 bits per heavy atom. The quantitative estimate of drug-likeness (QED) is 0.487. The summed E-state index contributed by atoms with van der Waals surface area (Å²) in [6.45, 7) is 5.85. The SMILES string of the molecule is CCOc1ccc2ccccc2c1C(=O)N[C@@H]1C(=O)N2[C@@H]1SC(C)(C)[C@@H]2C(=O)O.[H-].[Na+]. The van der Waals surface area contributed by atoms with Gasteiger partial charge in [0.1, 0.15) is 23.2 Å². The first-order valence-corrected chi connectivity index (χ1v) is 10.3. The molecular formula is C21H23N2NaO5S. The first kappa shape index (κ1) is 22.9. The Labute approximate surface area is 202 Å². The van der Waals surface area contributed by atoms with Crippen LogP contribution < -0.4 is 39.6 Å². The van der Waals surface area contributed by atoms with Crippen LogP contribution in [0.5, 0.6) is 5.75 Å². The number of ether oxygens (including phenoxy) is 1. The second kappa shape index (κ2) is 8.42. The Bertz CT molecular complexity index is 1030. The van der Waals surface area contributed by atoms with Gasteiger partial charge in [-0.05, 0) is 37.6 Å². The maximum Gasteiger partial charge on any atom is 1.00 e. The summed E-state index contributed by atoms with van der Waals surface area (Å²) in [5, 5.41) is 13.6. The number of nitrogens with zero attached hydrogens (tertiary/aromatic N) is 1. The van der Waals surface area contributed by atoms with Crippen molar-refractivity contribution in [2.75, 3.05) is 6.61 Å². The van der Waals surface area contributed by atoms with E-state index >= 15 is 0 Å². The van der Waals surface area contributed by atoms with Crippen LogP contribution in [0, 0.1) is 0 Å². The Balaban J connectivity index is 0.00000171. The molecule has 2 amide bonds. The molecule has 0 aromatic heterocycles. The minimum Gasteiger partial charge on any atom is -1.00 e. The van der Waals surface area contributed by atoms with Crippen molar-refractivity contribution in [3.8, 4) is 5.75 Å². The second-order valence-electron chi connectivity index (χ2n) is 7.64. The zero-order valence-electron chi connectivity index (χ0n) is 18.3. The normalized spacial score (nSPS) is 23.9. The van der Waals surface area contributed by atoms with Gasteiger partial charge in [-0.15, -0.1) is 11.8 Å². The van der Waals surface area contributed by atoms with Crippen LogP contribution in [0.1, 0.15) is 32.6 Å². The summed E-state index contributed by atoms with van der Waals surface area (Å²) in [7, 11) is 0. The third-order valence-electron chi connectivity index (χ3n) is 5.38. The van der Waals surface area contributed by atoms with Crippen molar-refractivity contribution in [2.24, 2.45) is 0 Å². The number of aliphatic carboxylic acids is 1. The Kier molecular flexibility index (Phi) is 6.43. The molecule has 154 valence electrons. The molecule has 2 saturated heterocycles. The van der Waals surface area contributed by atoms with Gasteiger partial charge in [-0.2, -0.15) is 0 Å². The Morgan fingerprint density at radius 3 is 2.63 bits per heavy atom. The van der Waals surface area contributed by atoms with Crippen LogP contribution in [0.25, 0.3) is 10.8 Å². The van der Waals surface area contributed by atoms with Crippen molar-refractivity contribution in [1.29, 1.82) is 0 Å². The maximum absolute atomic E-state index is 13.2. The van der Waals surface area contributed by atoms with Crippen LogP contribution in [-0.2, 0) is 9.59 Å². The average molecular weight is 438 g/mol. The third kappa shape index (κ3) is 3.60. The fourth-order valence-corrected chi connectivity index (χ4v) is 5.75. The van der Waals surface area contributed by atoms with Crippen molar-refractivity contribution >= 4 is 40.3 Å². The number of hydrogen-bond donors (Lipinski definition) is 2. The summed E-state index contributed by atoms with van der Waals surface area (Å²) >= 11 is 1.40. The minimum atomic E-state index is -1.03. The monoisotopic (exact) mass is 438 g/mol. The van der Waals surface area contributed by atoms with Crippen LogP contribution in [0.3, 0.4) is 0 Å². The molecule has 0 aliphatic carbocycles. The van der Waals surface area contributed by atoms with Gasteiger partial charge in [0.25, 0.3) is 5.91 Å². The summed E-state index contributed by atoms with van der Waals surface area (Å²) in [5.41, 5.74) is 0.383. The first-order chi connectivity index (χ1) is 13.8. The molecule has 3 atom stereocenters. The van der Waals surface area contributed by atoms with Gasteiger partial charge in [0.2, 0.25) is 5.91 Å². The number of nitrogens with one attached hydrogen (secondary N) is 1. The molecule has 30 heavy (non-hydrogen) atoms. The van der Waals surface area contributed by atoms with E-state index in [1.165, 1.54) is 16.7 Å². The molecule has 0 unspecified atom stereocenters. The number of β-lactam (4-membered cyclic amide) rings is 1. The van der Waals surface area contributed by atoms with E-state index < -0.39 is 34.1 Å². The van der Waals surface area contributed by atoms with Crippen molar-refractivity contribution in [3.63, 3.8) is 0 Å². The van der Waals surface area contributed by atoms with Gasteiger partial charge in [-0.25, -0.2) is 4.79 Å². The Morgan fingerprint density at radius 1 is 1.27 bits per heavy atom. The average Bonchev–Trinajstić information content (AvgIpc) is 2.94. The number of carbonyl (C=O) groups is 3. The summed E-state index contributed by atoms with van der Waals surface area (Å²) in [6.07, 6.45) is 0. The van der Waals surface area contributed by atoms with Crippen LogP contribution in [0.4, 0.5) is 0 Å². The summed E-state index contributed by atoms with van der Waals surface area (Å²) in [6, 6.07) is 9.46. The number of carbonyl (C=O) groups excluding carboxylic acids is 2. The molecule has 9 heteroatoms. The van der Waals surface area contributed by atoms with E-state index in [0.717, 1.165) is 10.8 Å². The van der Waals surface area contributed by atoms with Crippen LogP contribution in [0.15, 0.2) is 36.4 Å². The minimum absolute atomic E-state index is 0. The summed E-state index contributed by atoms with van der Waals surface area (Å²) in [5.74, 6) is -1.35. The largest absolute Gasteiger partial charge is 1.00 e. The van der Waals surface area contributed by atoms with E-state index in [-0.39, 0.29) is 36.9 Å². The number of rotatable bonds is 5. The van der Waals surface area contributed by atoms with Gasteiger partial charge in [0.05, 0.1) is 12.2 Å². The molecule has 2 aromatic carbocycles. The molecule has 2 N–H and O–H groups in total. The first-order valence-electron chi connectivity index (χ1n) is 9.44. The molecule has 0 bridgehead atoms. The zero-order chi connectivity index (χ0) is 20.9. The molecule has 2 fully saturated rings. The van der Waals surface area contributed by atoms with Crippen molar-refractivity contribution in [2.45, 2.75) is 43.0 Å². The molecular weight excluding hydrogens is 415 g/mol. The molecule has 2 heterocycles. The summed E-state index contributed by atoms with van der Waals surface area (Å²) in [4.78, 5) is 38.9. The van der Waals surface area contributed by atoms with E-state index in [1.807, 2.05) is 37.3 Å². The molecule has 2 aliphatic rings. The van der Waals surface area contributed by atoms with Gasteiger partial charge in [0.15, 0.2) is 0 Å². The van der Waals surface area contributed by atoms with Gasteiger partial charge in [-0.1, -0.05) is 30.3 Å². The maximum atomic E-state index is 13.2. The molecule has 7 nitrogen and oxygen atoms in total. The van der Waals surface area contributed by atoms with Crippen LogP contribution in [-0.4, -0.2) is 56.6 Å². The third-order valence-corrected chi connectivity index (χ3v) is 6.95. The van der Waals surface area contributed by atoms with Crippen LogP contribution >= 0.6 is 11.8 Å². The molecule has 0 spiro atoms. The summed E-state index contributed by atoms with van der Waals surface area (Å²) < 4.78 is 5.02. The van der Waals surface area contributed by atoms with Crippen molar-refractivity contribution < 1.29 is 55.2 Å². The number of hydrogen-bond acceptors (Lipinski definition) is 5. The standard InChI is InChI=1S/C21H22N2O5S.Na.H/c1-4-28-13-10-9-11-7-5-6-8-12(11)14(13)17(24)22-15-18(25)23-16(20(26)27)21(2,3)29-19(15)23;;/h5-10,15-16,19H,4H2,1-3H3,(H,22,24)(H,26,27);;/q;+1;-1/t15-,16+,19-;;/m1../s1. The number of fused-ring (bicyclic) bond motifs is 2. The predicted molar refractivity (Wildman–Crippen MR) is 111 cm³/mol. The molecule has 0 saturated carbocycles. The predicted octanol–water partition coefficient (Wildman–Crippen LogP) is -0.400. The van der Waals surface area contributed by atoms with Gasteiger partial charge in [0, 0.05) is 4.75 Å². The number of thioether (sulfide) groups is 1. The second-order valence-corrected chi connectivity index (χ2v) is 9.41. The number of amides is 2. The Hall–Kier alpha value is -1.74. The topological polar surface area (TPSA) is 95.9 Å². The fourth-order valence-electron chi connectivity index (χ4n) is 4.12. The molecule has 0 radical (unpaired) electrons. The van der Waals surface area contributed by atoms with Gasteiger partial charge >= 0.3 is 35.5 Å². The van der Waals surface area contributed by atoms with Crippen LogP contribution in [0.2, 0.25) is 0 Å². The van der Waals surface area contributed by atoms with E-state index in [0.29, 0.717) is 17.9 Å². The zero-order valence-corrected chi connectivity index (χ0v) is 20.2. The number of benzene rings is 2. The van der Waals surface area contributed by atoms with E-state index in [4.69, 9.17) is 4.74 Å². The van der Waals surface area contributed by atoms with Gasteiger partial charge in [-0.3, -0.25) is 9.59 Å². The number of carboxylic acid groups (broad SMARTS) is 1. The van der Waals surface area contributed by atoms with E-state index in [1.54, 1.807) is 19.9 Å². The molecule has 2 aliphatic heterocycles. The molecule has 2 aromatic rings. The number of carboxylic acids is 1. The van der Waals surface area contributed by atoms with Crippen molar-refractivity contribution in [3.05, 3.63) is 42.0 Å². The molecule has 4 rings (SSSR count). The van der Waals surface area contributed by atoms with E-state index in [9.17, 15) is 19.5 Å². The van der Waals surface area contributed by atoms with Crippen molar-refractivity contribution in [1.82, 2.24) is 10.2 Å². The van der Waals surface area contributed by atoms with Gasteiger partial charge < -0.3 is 21.5 Å². The smallest absolute Gasteiger partial charge is 1.00 e. The van der Waals surface area contributed by atoms with E-state index in [2.05, 4.69) is 5.32 Å².